The van der Waals surface area contributed by atoms with Crippen LogP contribution in [0.1, 0.15) is 34.3 Å². The average molecular weight is 452 g/mol. The lowest BCUT2D eigenvalue weighted by Crippen LogP contribution is -2.23. The summed E-state index contributed by atoms with van der Waals surface area (Å²) >= 11 is 5.92. The van der Waals surface area contributed by atoms with Crippen LogP contribution >= 0.6 is 11.6 Å². The Morgan fingerprint density at radius 3 is 2.47 bits per heavy atom. The number of carbonyl (C=O) groups is 1. The fourth-order valence-corrected chi connectivity index (χ4v) is 3.73. The van der Waals surface area contributed by atoms with Crippen LogP contribution in [0.2, 0.25) is 5.02 Å². The first kappa shape index (κ1) is 22.0. The van der Waals surface area contributed by atoms with Crippen molar-refractivity contribution in [3.05, 3.63) is 82.5 Å². The molecule has 1 fully saturated rings. The van der Waals surface area contributed by atoms with Gasteiger partial charge in [0.15, 0.2) is 11.5 Å². The lowest BCUT2D eigenvalue weighted by Gasteiger charge is -2.16. The van der Waals surface area contributed by atoms with Crippen molar-refractivity contribution in [3.63, 3.8) is 0 Å². The molecule has 4 rings (SSSR count). The van der Waals surface area contributed by atoms with Crippen molar-refractivity contribution in [1.82, 2.24) is 10.3 Å². The standard InChI is InChI=1S/C25H26ClN3O3/c1-31-23-14-20(7-10-22(23)32-17-18-4-8-21(26)9-5-18)25(30)28-16-19-6-11-24(27-15-19)29-12-2-3-13-29/h4-11,14-15H,2-3,12-13,16-17H2,1H3,(H,28,30). The zero-order chi connectivity index (χ0) is 22.3. The van der Waals surface area contributed by atoms with E-state index in [2.05, 4.69) is 15.2 Å². The Kier molecular flexibility index (Phi) is 7.12. The van der Waals surface area contributed by atoms with E-state index < -0.39 is 0 Å². The van der Waals surface area contributed by atoms with E-state index in [0.29, 0.717) is 35.2 Å². The predicted octanol–water partition coefficient (Wildman–Crippen LogP) is 4.85. The molecule has 0 saturated carbocycles. The third-order valence-electron chi connectivity index (χ3n) is 5.43. The Balaban J connectivity index is 1.34. The third-order valence-corrected chi connectivity index (χ3v) is 5.68. The molecule has 1 saturated heterocycles. The average Bonchev–Trinajstić information content (AvgIpc) is 3.37. The van der Waals surface area contributed by atoms with Crippen LogP contribution in [-0.2, 0) is 13.2 Å². The number of carbonyl (C=O) groups excluding carboxylic acids is 1. The molecule has 1 amide bonds. The highest BCUT2D eigenvalue weighted by Crippen LogP contribution is 2.29. The number of halogens is 1. The number of hydrogen-bond donors (Lipinski definition) is 1. The van der Waals surface area contributed by atoms with Gasteiger partial charge in [-0.15, -0.1) is 0 Å². The van der Waals surface area contributed by atoms with Gasteiger partial charge in [-0.1, -0.05) is 29.8 Å². The van der Waals surface area contributed by atoms with Gasteiger partial charge in [0.25, 0.3) is 5.91 Å². The van der Waals surface area contributed by atoms with Crippen LogP contribution in [0.5, 0.6) is 11.5 Å². The van der Waals surface area contributed by atoms with E-state index in [4.69, 9.17) is 21.1 Å². The molecule has 6 nitrogen and oxygen atoms in total. The number of benzene rings is 2. The number of methoxy groups -OCH3 is 1. The Hall–Kier alpha value is -3.25. The van der Waals surface area contributed by atoms with E-state index in [9.17, 15) is 4.79 Å². The zero-order valence-electron chi connectivity index (χ0n) is 18.0. The van der Waals surface area contributed by atoms with E-state index in [1.807, 2.05) is 42.6 Å². The summed E-state index contributed by atoms with van der Waals surface area (Å²) in [7, 11) is 1.56. The fraction of sp³-hybridized carbons (Fsp3) is 0.280. The number of anilines is 1. The number of ether oxygens (including phenoxy) is 2. The second-order valence-corrected chi connectivity index (χ2v) is 8.12. The summed E-state index contributed by atoms with van der Waals surface area (Å²) in [5.41, 5.74) is 2.45. The van der Waals surface area contributed by atoms with Crippen LogP contribution in [0.25, 0.3) is 0 Å². The molecule has 1 N–H and O–H groups in total. The highest BCUT2D eigenvalue weighted by atomic mass is 35.5. The van der Waals surface area contributed by atoms with Crippen LogP contribution in [0.15, 0.2) is 60.8 Å². The van der Waals surface area contributed by atoms with Crippen molar-refractivity contribution in [1.29, 1.82) is 0 Å². The number of aromatic nitrogens is 1. The molecule has 166 valence electrons. The molecule has 2 aromatic carbocycles. The van der Waals surface area contributed by atoms with Crippen molar-refractivity contribution in [2.24, 2.45) is 0 Å². The molecular weight excluding hydrogens is 426 g/mol. The van der Waals surface area contributed by atoms with E-state index in [1.54, 1.807) is 25.3 Å². The van der Waals surface area contributed by atoms with Gasteiger partial charge in [-0.05, 0) is 60.4 Å². The summed E-state index contributed by atoms with van der Waals surface area (Å²) in [6.07, 6.45) is 4.25. The molecule has 0 unspecified atom stereocenters. The molecule has 1 aliphatic rings. The quantitative estimate of drug-likeness (QED) is 0.530. The van der Waals surface area contributed by atoms with Crippen LogP contribution in [0.4, 0.5) is 5.82 Å². The van der Waals surface area contributed by atoms with Crippen LogP contribution < -0.4 is 19.7 Å². The number of pyridine rings is 1. The number of rotatable bonds is 8. The first-order valence-corrected chi connectivity index (χ1v) is 11.0. The van der Waals surface area contributed by atoms with E-state index in [1.165, 1.54) is 12.8 Å². The summed E-state index contributed by atoms with van der Waals surface area (Å²) in [5.74, 6) is 1.89. The van der Waals surface area contributed by atoms with Gasteiger partial charge in [-0.25, -0.2) is 4.98 Å². The van der Waals surface area contributed by atoms with Crippen molar-refractivity contribution in [2.45, 2.75) is 26.0 Å². The number of nitrogens with zero attached hydrogens (tertiary/aromatic N) is 2. The van der Waals surface area contributed by atoms with Gasteiger partial charge in [0.1, 0.15) is 12.4 Å². The van der Waals surface area contributed by atoms with Gasteiger partial charge in [-0.3, -0.25) is 4.79 Å². The first-order chi connectivity index (χ1) is 15.6. The summed E-state index contributed by atoms with van der Waals surface area (Å²) < 4.78 is 11.3. The van der Waals surface area contributed by atoms with Gasteiger partial charge in [0.2, 0.25) is 0 Å². The molecule has 0 spiro atoms. The Bertz CT molecular complexity index is 1050. The second-order valence-electron chi connectivity index (χ2n) is 7.68. The van der Waals surface area contributed by atoms with Gasteiger partial charge in [-0.2, -0.15) is 0 Å². The molecule has 2 heterocycles. The molecule has 0 aliphatic carbocycles. The molecule has 3 aromatic rings. The third kappa shape index (κ3) is 5.51. The van der Waals surface area contributed by atoms with Crippen LogP contribution in [-0.4, -0.2) is 31.1 Å². The minimum atomic E-state index is -0.184. The summed E-state index contributed by atoms with van der Waals surface area (Å²) in [5, 5.41) is 3.62. The maximum absolute atomic E-state index is 12.6. The minimum Gasteiger partial charge on any atom is -0.493 e. The van der Waals surface area contributed by atoms with E-state index in [-0.39, 0.29) is 5.91 Å². The van der Waals surface area contributed by atoms with E-state index >= 15 is 0 Å². The summed E-state index contributed by atoms with van der Waals surface area (Å²) in [4.78, 5) is 19.5. The molecule has 32 heavy (non-hydrogen) atoms. The van der Waals surface area contributed by atoms with Gasteiger partial charge in [0.05, 0.1) is 7.11 Å². The number of amides is 1. The maximum Gasteiger partial charge on any atom is 0.251 e. The van der Waals surface area contributed by atoms with Crippen LogP contribution in [0, 0.1) is 0 Å². The molecular formula is C25H26ClN3O3. The molecule has 0 radical (unpaired) electrons. The molecule has 1 aliphatic heterocycles. The summed E-state index contributed by atoms with van der Waals surface area (Å²) in [6.45, 7) is 2.90. The van der Waals surface area contributed by atoms with Crippen molar-refractivity contribution in [2.75, 3.05) is 25.1 Å². The molecule has 0 bridgehead atoms. The van der Waals surface area contributed by atoms with Crippen molar-refractivity contribution in [3.8, 4) is 11.5 Å². The van der Waals surface area contributed by atoms with Gasteiger partial charge in [0, 0.05) is 36.4 Å². The zero-order valence-corrected chi connectivity index (χ0v) is 18.8. The largest absolute Gasteiger partial charge is 0.493 e. The number of nitrogens with one attached hydrogen (secondary N) is 1. The Morgan fingerprint density at radius 2 is 1.78 bits per heavy atom. The van der Waals surface area contributed by atoms with E-state index in [0.717, 1.165) is 30.0 Å². The monoisotopic (exact) mass is 451 g/mol. The summed E-state index contributed by atoms with van der Waals surface area (Å²) in [6, 6.07) is 16.6. The Morgan fingerprint density at radius 1 is 1.03 bits per heavy atom. The predicted molar refractivity (Wildman–Crippen MR) is 126 cm³/mol. The minimum absolute atomic E-state index is 0.184. The van der Waals surface area contributed by atoms with Crippen LogP contribution in [0.3, 0.4) is 0 Å². The van der Waals surface area contributed by atoms with Crippen molar-refractivity contribution < 1.29 is 14.3 Å². The maximum atomic E-state index is 12.6. The highest BCUT2D eigenvalue weighted by Gasteiger charge is 2.14. The SMILES string of the molecule is COc1cc(C(=O)NCc2ccc(N3CCCC3)nc2)ccc1OCc1ccc(Cl)cc1. The fourth-order valence-electron chi connectivity index (χ4n) is 3.61. The topological polar surface area (TPSA) is 63.7 Å². The molecule has 7 heteroatoms. The normalized spacial score (nSPS) is 13.1. The van der Waals surface area contributed by atoms with Gasteiger partial charge >= 0.3 is 0 Å². The second kappa shape index (κ2) is 10.4. The van der Waals surface area contributed by atoms with Gasteiger partial charge < -0.3 is 19.7 Å². The Labute approximate surface area is 193 Å². The molecule has 0 atom stereocenters. The lowest BCUT2D eigenvalue weighted by atomic mass is 10.1. The highest BCUT2D eigenvalue weighted by molar-refractivity contribution is 6.30. The van der Waals surface area contributed by atoms with Crippen molar-refractivity contribution >= 4 is 23.3 Å². The smallest absolute Gasteiger partial charge is 0.251 e. The lowest BCUT2D eigenvalue weighted by molar-refractivity contribution is 0.0950. The molecule has 1 aromatic heterocycles. The number of hydrogen-bond acceptors (Lipinski definition) is 5. The first-order valence-electron chi connectivity index (χ1n) is 10.7.